The first-order valence-corrected chi connectivity index (χ1v) is 9.68. The predicted molar refractivity (Wildman–Crippen MR) is 87.5 cm³/mol. The maximum atomic E-state index is 12.4. The van der Waals surface area contributed by atoms with Gasteiger partial charge in [0.05, 0.1) is 4.90 Å². The molecule has 0 aromatic carbocycles. The van der Waals surface area contributed by atoms with Crippen LogP contribution in [0.15, 0.2) is 46.2 Å². The molecule has 2 aromatic rings. The van der Waals surface area contributed by atoms with Gasteiger partial charge >= 0.3 is 0 Å². The molecule has 2 aromatic heterocycles. The van der Waals surface area contributed by atoms with Crippen LogP contribution in [-0.4, -0.2) is 55.3 Å². The summed E-state index contributed by atoms with van der Waals surface area (Å²) in [5.74, 6) is 0. The summed E-state index contributed by atoms with van der Waals surface area (Å²) >= 11 is 1.42. The molecule has 0 spiro atoms. The molecule has 1 aliphatic rings. The topological polar surface area (TPSA) is 53.5 Å². The first kappa shape index (κ1) is 15.6. The van der Waals surface area contributed by atoms with Crippen molar-refractivity contribution < 1.29 is 8.42 Å². The van der Waals surface area contributed by atoms with Gasteiger partial charge in [0.2, 0.25) is 10.0 Å². The van der Waals surface area contributed by atoms with Gasteiger partial charge in [-0.1, -0.05) is 0 Å². The molecule has 0 N–H and O–H groups in total. The molecular formula is C15H19N3O2S2. The van der Waals surface area contributed by atoms with Crippen LogP contribution in [0.1, 0.15) is 5.56 Å². The quantitative estimate of drug-likeness (QED) is 0.833. The summed E-state index contributed by atoms with van der Waals surface area (Å²) in [7, 11) is -3.30. The van der Waals surface area contributed by atoms with E-state index in [1.807, 2.05) is 12.1 Å². The molecule has 118 valence electrons. The highest BCUT2D eigenvalue weighted by Crippen LogP contribution is 2.20. The van der Waals surface area contributed by atoms with Crippen LogP contribution in [0.5, 0.6) is 0 Å². The molecule has 0 bridgehead atoms. The number of hydrogen-bond donors (Lipinski definition) is 0. The van der Waals surface area contributed by atoms with Crippen molar-refractivity contribution in [3.63, 3.8) is 0 Å². The van der Waals surface area contributed by atoms with Crippen molar-refractivity contribution in [3.8, 4) is 0 Å². The maximum absolute atomic E-state index is 12.4. The first-order valence-electron chi connectivity index (χ1n) is 7.30. The number of hydrogen-bond acceptors (Lipinski definition) is 5. The number of thiophene rings is 1. The minimum atomic E-state index is -3.30. The number of aromatic nitrogens is 1. The highest BCUT2D eigenvalue weighted by Gasteiger charge is 2.28. The molecule has 0 unspecified atom stereocenters. The third-order valence-electron chi connectivity index (χ3n) is 3.93. The van der Waals surface area contributed by atoms with E-state index in [9.17, 15) is 8.42 Å². The molecule has 22 heavy (non-hydrogen) atoms. The third-order valence-corrected chi connectivity index (χ3v) is 6.66. The molecular weight excluding hydrogens is 318 g/mol. The number of sulfonamides is 1. The molecule has 0 saturated carbocycles. The number of rotatable bonds is 5. The summed E-state index contributed by atoms with van der Waals surface area (Å²) in [5, 5.41) is 3.50. The van der Waals surface area contributed by atoms with E-state index in [0.717, 1.165) is 26.1 Å². The molecule has 1 fully saturated rings. The second-order valence-electron chi connectivity index (χ2n) is 5.31. The first-order chi connectivity index (χ1) is 10.7. The summed E-state index contributed by atoms with van der Waals surface area (Å²) < 4.78 is 26.5. The Balaban J connectivity index is 1.52. The van der Waals surface area contributed by atoms with E-state index < -0.39 is 10.0 Å². The predicted octanol–water partition coefficient (Wildman–Crippen LogP) is 1.69. The van der Waals surface area contributed by atoms with Gasteiger partial charge in [-0.2, -0.15) is 15.6 Å². The van der Waals surface area contributed by atoms with E-state index in [1.165, 1.54) is 16.9 Å². The van der Waals surface area contributed by atoms with Gasteiger partial charge in [-0.25, -0.2) is 8.42 Å². The molecule has 1 saturated heterocycles. The van der Waals surface area contributed by atoms with Gasteiger partial charge in [0.1, 0.15) is 0 Å². The Morgan fingerprint density at radius 3 is 2.45 bits per heavy atom. The molecule has 0 amide bonds. The average molecular weight is 337 g/mol. The zero-order valence-corrected chi connectivity index (χ0v) is 13.9. The average Bonchev–Trinajstić information content (AvgIpc) is 3.10. The van der Waals surface area contributed by atoms with Crippen LogP contribution in [-0.2, 0) is 16.4 Å². The van der Waals surface area contributed by atoms with Crippen LogP contribution >= 0.6 is 11.3 Å². The van der Waals surface area contributed by atoms with Crippen molar-refractivity contribution in [2.24, 2.45) is 0 Å². The van der Waals surface area contributed by atoms with E-state index in [0.29, 0.717) is 18.0 Å². The molecule has 0 atom stereocenters. The third kappa shape index (κ3) is 3.55. The summed E-state index contributed by atoms with van der Waals surface area (Å²) in [5.41, 5.74) is 1.27. The lowest BCUT2D eigenvalue weighted by molar-refractivity contribution is 0.190. The molecule has 3 rings (SSSR count). The number of pyridine rings is 1. The van der Waals surface area contributed by atoms with E-state index in [-0.39, 0.29) is 0 Å². The lowest BCUT2D eigenvalue weighted by Gasteiger charge is -2.33. The standard InChI is InChI=1S/C15H19N3O2S2/c19-22(20,15-4-12-21-13-15)18-10-8-17(9-11-18)7-3-14-1-5-16-6-2-14/h1-2,4-6,12-13H,3,7-11H2. The summed E-state index contributed by atoms with van der Waals surface area (Å²) in [6.45, 7) is 3.66. The van der Waals surface area contributed by atoms with Crippen LogP contribution in [0.4, 0.5) is 0 Å². The Hall–Kier alpha value is -1.28. The largest absolute Gasteiger partial charge is 0.300 e. The monoisotopic (exact) mass is 337 g/mol. The Kier molecular flexibility index (Phi) is 4.87. The van der Waals surface area contributed by atoms with E-state index in [4.69, 9.17) is 0 Å². The van der Waals surface area contributed by atoms with E-state index in [1.54, 1.807) is 33.5 Å². The summed E-state index contributed by atoms with van der Waals surface area (Å²) in [6.07, 6.45) is 4.58. The molecule has 0 radical (unpaired) electrons. The van der Waals surface area contributed by atoms with Gasteiger partial charge in [0.25, 0.3) is 0 Å². The molecule has 0 aliphatic carbocycles. The second-order valence-corrected chi connectivity index (χ2v) is 8.03. The summed E-state index contributed by atoms with van der Waals surface area (Å²) in [6, 6.07) is 5.73. The minimum Gasteiger partial charge on any atom is -0.300 e. The second kappa shape index (κ2) is 6.87. The van der Waals surface area contributed by atoms with E-state index in [2.05, 4.69) is 9.88 Å². The highest BCUT2D eigenvalue weighted by atomic mass is 32.2. The minimum absolute atomic E-state index is 0.419. The summed E-state index contributed by atoms with van der Waals surface area (Å²) in [4.78, 5) is 6.75. The fourth-order valence-corrected chi connectivity index (χ4v) is 5.02. The van der Waals surface area contributed by atoms with Crippen molar-refractivity contribution in [2.45, 2.75) is 11.3 Å². The fraction of sp³-hybridized carbons (Fsp3) is 0.400. The van der Waals surface area contributed by atoms with Crippen molar-refractivity contribution in [1.82, 2.24) is 14.2 Å². The maximum Gasteiger partial charge on any atom is 0.243 e. The zero-order chi connectivity index (χ0) is 15.4. The van der Waals surface area contributed by atoms with Gasteiger partial charge < -0.3 is 4.90 Å². The fourth-order valence-electron chi connectivity index (χ4n) is 2.58. The van der Waals surface area contributed by atoms with Crippen LogP contribution in [0.3, 0.4) is 0 Å². The SMILES string of the molecule is O=S(=O)(c1ccsc1)N1CCN(CCc2ccncc2)CC1. The van der Waals surface area contributed by atoms with Crippen LogP contribution < -0.4 is 0 Å². The Labute approximate surface area is 135 Å². The van der Waals surface area contributed by atoms with Crippen molar-refractivity contribution in [3.05, 3.63) is 46.9 Å². The van der Waals surface area contributed by atoms with Gasteiger partial charge in [-0.3, -0.25) is 4.98 Å². The molecule has 3 heterocycles. The molecule has 7 heteroatoms. The van der Waals surface area contributed by atoms with Crippen LogP contribution in [0.25, 0.3) is 0 Å². The normalized spacial score (nSPS) is 17.6. The van der Waals surface area contributed by atoms with Gasteiger partial charge in [-0.05, 0) is 35.6 Å². The van der Waals surface area contributed by atoms with Crippen molar-refractivity contribution in [2.75, 3.05) is 32.7 Å². The molecule has 1 aliphatic heterocycles. The highest BCUT2D eigenvalue weighted by molar-refractivity contribution is 7.89. The molecule has 5 nitrogen and oxygen atoms in total. The number of piperazine rings is 1. The Bertz CT molecular complexity index is 679. The van der Waals surface area contributed by atoms with Gasteiger partial charge in [-0.15, -0.1) is 0 Å². The van der Waals surface area contributed by atoms with Crippen molar-refractivity contribution in [1.29, 1.82) is 0 Å². The lowest BCUT2D eigenvalue weighted by Crippen LogP contribution is -2.48. The Morgan fingerprint density at radius 1 is 1.09 bits per heavy atom. The number of nitrogens with zero attached hydrogens (tertiary/aromatic N) is 3. The van der Waals surface area contributed by atoms with Gasteiger partial charge in [0.15, 0.2) is 0 Å². The van der Waals surface area contributed by atoms with Crippen LogP contribution in [0, 0.1) is 0 Å². The lowest BCUT2D eigenvalue weighted by atomic mass is 10.2. The van der Waals surface area contributed by atoms with Crippen molar-refractivity contribution >= 4 is 21.4 Å². The Morgan fingerprint density at radius 2 is 1.82 bits per heavy atom. The van der Waals surface area contributed by atoms with E-state index >= 15 is 0 Å². The smallest absolute Gasteiger partial charge is 0.243 e. The van der Waals surface area contributed by atoms with Gasteiger partial charge in [0, 0.05) is 50.5 Å². The zero-order valence-electron chi connectivity index (χ0n) is 12.3. The van der Waals surface area contributed by atoms with Crippen LogP contribution in [0.2, 0.25) is 0 Å².